The quantitative estimate of drug-likeness (QED) is 0.604. The van der Waals surface area contributed by atoms with Crippen LogP contribution in [0.1, 0.15) is 47.0 Å². The van der Waals surface area contributed by atoms with Crippen molar-refractivity contribution in [3.63, 3.8) is 0 Å². The van der Waals surface area contributed by atoms with E-state index < -0.39 is 29.2 Å². The van der Waals surface area contributed by atoms with Crippen LogP contribution in [0.15, 0.2) is 30.5 Å². The van der Waals surface area contributed by atoms with E-state index in [1.165, 1.54) is 0 Å². The Hall–Kier alpha value is -3.23. The number of carbonyl (C=O) groups excluding carboxylic acids is 2. The van der Waals surface area contributed by atoms with E-state index in [0.29, 0.717) is 42.4 Å². The van der Waals surface area contributed by atoms with Gasteiger partial charge in [-0.3, -0.25) is 4.79 Å². The summed E-state index contributed by atoms with van der Waals surface area (Å²) in [6.45, 7) is 9.78. The molecule has 2 aliphatic rings. The molecule has 1 N–H and O–H groups in total. The molecule has 7 nitrogen and oxygen atoms in total. The zero-order valence-electron chi connectivity index (χ0n) is 21.3. The van der Waals surface area contributed by atoms with Crippen LogP contribution in [0.3, 0.4) is 0 Å². The lowest BCUT2D eigenvalue weighted by molar-refractivity contribution is -0.121. The molecule has 0 spiro atoms. The van der Waals surface area contributed by atoms with Crippen molar-refractivity contribution in [2.75, 3.05) is 36.4 Å². The van der Waals surface area contributed by atoms with Crippen molar-refractivity contribution in [3.8, 4) is 11.1 Å². The highest BCUT2D eigenvalue weighted by Gasteiger charge is 2.33. The molecule has 0 radical (unpaired) electrons. The number of pyridine rings is 1. The van der Waals surface area contributed by atoms with Crippen LogP contribution in [0, 0.1) is 23.5 Å². The number of hydrogen-bond acceptors (Lipinski definition) is 5. The first kappa shape index (κ1) is 25.9. The van der Waals surface area contributed by atoms with E-state index in [0.717, 1.165) is 37.7 Å². The van der Waals surface area contributed by atoms with Crippen molar-refractivity contribution in [3.05, 3.63) is 42.1 Å². The number of nitrogens with one attached hydrogen (secondary N) is 1. The topological polar surface area (TPSA) is 74.8 Å². The lowest BCUT2D eigenvalue weighted by Gasteiger charge is -2.33. The second kappa shape index (κ2) is 10.4. The fourth-order valence-electron chi connectivity index (χ4n) is 4.78. The van der Waals surface area contributed by atoms with Crippen LogP contribution in [-0.4, -0.2) is 53.7 Å². The highest BCUT2D eigenvalue weighted by atomic mass is 19.1. The highest BCUT2D eigenvalue weighted by Crippen LogP contribution is 2.38. The normalized spacial score (nSPS) is 20.4. The van der Waals surface area contributed by atoms with Gasteiger partial charge in [0.15, 0.2) is 5.82 Å². The predicted molar refractivity (Wildman–Crippen MR) is 135 cm³/mol. The summed E-state index contributed by atoms with van der Waals surface area (Å²) >= 11 is 0. The minimum Gasteiger partial charge on any atom is -0.444 e. The summed E-state index contributed by atoms with van der Waals surface area (Å²) in [4.78, 5) is 34.2. The Labute approximate surface area is 210 Å². The van der Waals surface area contributed by atoms with Gasteiger partial charge in [-0.15, -0.1) is 0 Å². The number of hydrogen-bond donors (Lipinski definition) is 1. The van der Waals surface area contributed by atoms with Crippen molar-refractivity contribution in [1.29, 1.82) is 0 Å². The molecule has 2 fully saturated rings. The van der Waals surface area contributed by atoms with Gasteiger partial charge < -0.3 is 19.9 Å². The summed E-state index contributed by atoms with van der Waals surface area (Å²) in [6.07, 6.45) is 3.34. The third kappa shape index (κ3) is 5.94. The number of amides is 2. The molecule has 2 aliphatic heterocycles. The van der Waals surface area contributed by atoms with Crippen LogP contribution in [0.2, 0.25) is 0 Å². The van der Waals surface area contributed by atoms with E-state index >= 15 is 0 Å². The second-order valence-electron chi connectivity index (χ2n) is 10.8. The summed E-state index contributed by atoms with van der Waals surface area (Å²) in [7, 11) is 0. The first-order chi connectivity index (χ1) is 17.0. The molecule has 0 aliphatic carbocycles. The maximum absolute atomic E-state index is 14.8. The molecule has 3 heterocycles. The van der Waals surface area contributed by atoms with Gasteiger partial charge in [-0.25, -0.2) is 18.6 Å². The predicted octanol–water partition coefficient (Wildman–Crippen LogP) is 5.46. The number of aromatic nitrogens is 1. The van der Waals surface area contributed by atoms with Crippen molar-refractivity contribution in [1.82, 2.24) is 9.88 Å². The Bertz CT molecular complexity index is 1130. The number of nitrogens with zero attached hydrogens (tertiary/aromatic N) is 3. The van der Waals surface area contributed by atoms with Gasteiger partial charge in [-0.2, -0.15) is 0 Å². The molecular formula is C27H34F2N4O3. The number of rotatable bonds is 4. The van der Waals surface area contributed by atoms with Crippen LogP contribution in [0.25, 0.3) is 11.1 Å². The Morgan fingerprint density at radius 3 is 2.56 bits per heavy atom. The number of halogens is 2. The molecule has 0 saturated carbocycles. The molecule has 0 bridgehead atoms. The van der Waals surface area contributed by atoms with E-state index in [2.05, 4.69) is 22.1 Å². The minimum atomic E-state index is -0.631. The number of piperidine rings is 1. The largest absolute Gasteiger partial charge is 0.444 e. The van der Waals surface area contributed by atoms with E-state index in [9.17, 15) is 18.4 Å². The van der Waals surface area contributed by atoms with E-state index in [1.54, 1.807) is 37.9 Å². The van der Waals surface area contributed by atoms with E-state index in [-0.39, 0.29) is 18.0 Å². The van der Waals surface area contributed by atoms with Crippen LogP contribution in [0.5, 0.6) is 0 Å². The molecule has 36 heavy (non-hydrogen) atoms. The van der Waals surface area contributed by atoms with Crippen molar-refractivity contribution >= 4 is 23.5 Å². The van der Waals surface area contributed by atoms with E-state index in [4.69, 9.17) is 4.74 Å². The number of benzene rings is 1. The summed E-state index contributed by atoms with van der Waals surface area (Å²) in [5.41, 5.74) is 0.147. The molecule has 1 unspecified atom stereocenters. The van der Waals surface area contributed by atoms with Gasteiger partial charge >= 0.3 is 6.09 Å². The Morgan fingerprint density at radius 2 is 1.86 bits per heavy atom. The molecule has 2 saturated heterocycles. The van der Waals surface area contributed by atoms with Gasteiger partial charge in [0.25, 0.3) is 0 Å². The van der Waals surface area contributed by atoms with E-state index in [1.807, 2.05) is 0 Å². The molecule has 1 aromatic carbocycles. The monoisotopic (exact) mass is 500 g/mol. The Kier molecular flexibility index (Phi) is 7.47. The van der Waals surface area contributed by atoms with Crippen LogP contribution in [-0.2, 0) is 9.53 Å². The minimum absolute atomic E-state index is 0.0558. The van der Waals surface area contributed by atoms with Gasteiger partial charge in [-0.05, 0) is 70.2 Å². The molecule has 2 amide bonds. The first-order valence-electron chi connectivity index (χ1n) is 12.5. The van der Waals surface area contributed by atoms with Crippen molar-refractivity contribution in [2.24, 2.45) is 11.8 Å². The molecule has 1 aromatic heterocycles. The number of ether oxygens (including phenoxy) is 1. The Balaban J connectivity index is 1.64. The third-order valence-corrected chi connectivity index (χ3v) is 6.57. The maximum atomic E-state index is 14.8. The highest BCUT2D eigenvalue weighted by molar-refractivity contribution is 6.00. The second-order valence-corrected chi connectivity index (χ2v) is 10.8. The number of carbonyl (C=O) groups is 2. The fraction of sp³-hybridized carbons (Fsp3) is 0.519. The lowest BCUT2D eigenvalue weighted by Crippen LogP contribution is -2.45. The summed E-state index contributed by atoms with van der Waals surface area (Å²) < 4.78 is 34.4. The first-order valence-corrected chi connectivity index (χ1v) is 12.5. The Morgan fingerprint density at radius 1 is 1.08 bits per heavy atom. The average molecular weight is 501 g/mol. The van der Waals surface area contributed by atoms with Crippen LogP contribution >= 0.6 is 0 Å². The number of likely N-dealkylation sites (tertiary alicyclic amines) is 1. The molecule has 2 atom stereocenters. The van der Waals surface area contributed by atoms with Crippen molar-refractivity contribution in [2.45, 2.75) is 52.6 Å². The molecule has 9 heteroatoms. The van der Waals surface area contributed by atoms with Crippen molar-refractivity contribution < 1.29 is 23.1 Å². The number of anilines is 2. The molecule has 2 aromatic rings. The zero-order valence-corrected chi connectivity index (χ0v) is 21.3. The van der Waals surface area contributed by atoms with Gasteiger partial charge in [0, 0.05) is 43.5 Å². The van der Waals surface area contributed by atoms with Gasteiger partial charge in [0.2, 0.25) is 5.91 Å². The van der Waals surface area contributed by atoms with Crippen LogP contribution in [0.4, 0.5) is 25.1 Å². The summed E-state index contributed by atoms with van der Waals surface area (Å²) in [5, 5.41) is 2.98. The van der Waals surface area contributed by atoms with Gasteiger partial charge in [0.05, 0.1) is 11.6 Å². The summed E-state index contributed by atoms with van der Waals surface area (Å²) in [6, 6.07) is 4.86. The SMILES string of the molecule is C[C@H]1CCN(c2nccc(-c3cc(F)ccc3F)c2NC(=O)C2CCCN(C(=O)OC(C)(C)C)C2)C1. The van der Waals surface area contributed by atoms with Crippen LogP contribution < -0.4 is 10.2 Å². The molecule has 4 rings (SSSR count). The molecular weight excluding hydrogens is 466 g/mol. The van der Waals surface area contributed by atoms with Gasteiger partial charge in [-0.1, -0.05) is 6.92 Å². The maximum Gasteiger partial charge on any atom is 0.410 e. The summed E-state index contributed by atoms with van der Waals surface area (Å²) in [5.74, 6) is -0.936. The standard InChI is InChI=1S/C27H34F2N4O3/c1-17-10-13-32(15-17)24-23(20(9-11-30-24)21-14-19(28)7-8-22(21)29)31-25(34)18-6-5-12-33(16-18)26(35)36-27(2,3)4/h7-9,11,14,17-18H,5-6,10,12-13,15-16H2,1-4H3,(H,31,34)/t17-,18?/m0/s1. The van der Waals surface area contributed by atoms with Gasteiger partial charge in [0.1, 0.15) is 17.2 Å². The molecule has 194 valence electrons. The zero-order chi connectivity index (χ0) is 26.0. The smallest absolute Gasteiger partial charge is 0.410 e. The fourth-order valence-corrected chi connectivity index (χ4v) is 4.78. The lowest BCUT2D eigenvalue weighted by atomic mass is 9.96. The average Bonchev–Trinajstić information content (AvgIpc) is 3.26. The third-order valence-electron chi connectivity index (χ3n) is 6.57.